The predicted molar refractivity (Wildman–Crippen MR) is 119 cm³/mol. The Morgan fingerprint density at radius 3 is 2.55 bits per heavy atom. The van der Waals surface area contributed by atoms with E-state index in [1.165, 1.54) is 17.4 Å². The normalized spacial score (nSPS) is 10.5. The standard InChI is InChI=1S/C24H19FN2O3S/c1-29-18-12-10-17(11-13-18)26-23(28)21-15-31-24(27-21)19-7-3-5-9-22(19)30-14-16-6-2-4-8-20(16)25/h2-13,15H,14H2,1H3,(H,26,28). The molecule has 0 aliphatic heterocycles. The molecule has 0 unspecified atom stereocenters. The summed E-state index contributed by atoms with van der Waals surface area (Å²) in [6.45, 7) is 0.0971. The molecule has 0 bridgehead atoms. The van der Waals surface area contributed by atoms with Crippen LogP contribution < -0.4 is 14.8 Å². The SMILES string of the molecule is COc1ccc(NC(=O)c2csc(-c3ccccc3OCc3ccccc3F)n2)cc1. The van der Waals surface area contributed by atoms with Crippen LogP contribution in [0.5, 0.6) is 11.5 Å². The summed E-state index contributed by atoms with van der Waals surface area (Å²) in [5.41, 5.74) is 2.16. The van der Waals surface area contributed by atoms with Gasteiger partial charge in [0.1, 0.15) is 34.6 Å². The Hall–Kier alpha value is -3.71. The van der Waals surface area contributed by atoms with Crippen molar-refractivity contribution in [2.24, 2.45) is 0 Å². The van der Waals surface area contributed by atoms with Gasteiger partial charge in [0, 0.05) is 16.6 Å². The number of methoxy groups -OCH3 is 1. The average molecular weight is 434 g/mol. The number of hydrogen-bond acceptors (Lipinski definition) is 5. The van der Waals surface area contributed by atoms with E-state index in [2.05, 4.69) is 10.3 Å². The van der Waals surface area contributed by atoms with Gasteiger partial charge in [-0.05, 0) is 42.5 Å². The minimum absolute atomic E-state index is 0.0971. The molecule has 0 atom stereocenters. The first-order chi connectivity index (χ1) is 15.1. The summed E-state index contributed by atoms with van der Waals surface area (Å²) in [5.74, 6) is 0.660. The average Bonchev–Trinajstić information content (AvgIpc) is 3.30. The molecule has 0 aliphatic carbocycles. The van der Waals surface area contributed by atoms with Crippen molar-refractivity contribution in [1.82, 2.24) is 4.98 Å². The number of para-hydroxylation sites is 1. The highest BCUT2D eigenvalue weighted by Crippen LogP contribution is 2.33. The summed E-state index contributed by atoms with van der Waals surface area (Å²) in [6.07, 6.45) is 0. The summed E-state index contributed by atoms with van der Waals surface area (Å²) in [5, 5.41) is 5.16. The fourth-order valence-electron chi connectivity index (χ4n) is 2.91. The Balaban J connectivity index is 1.49. The number of anilines is 1. The lowest BCUT2D eigenvalue weighted by Crippen LogP contribution is -2.12. The molecule has 0 aliphatic rings. The molecular weight excluding hydrogens is 415 g/mol. The molecule has 0 saturated heterocycles. The molecule has 3 aromatic carbocycles. The van der Waals surface area contributed by atoms with E-state index >= 15 is 0 Å². The highest BCUT2D eigenvalue weighted by atomic mass is 32.1. The molecule has 1 aromatic heterocycles. The van der Waals surface area contributed by atoms with Crippen LogP contribution in [0.15, 0.2) is 78.2 Å². The van der Waals surface area contributed by atoms with Gasteiger partial charge in [-0.1, -0.05) is 30.3 Å². The van der Waals surface area contributed by atoms with Crippen LogP contribution in [0.2, 0.25) is 0 Å². The van der Waals surface area contributed by atoms with Crippen molar-refractivity contribution < 1.29 is 18.7 Å². The third kappa shape index (κ3) is 4.90. The van der Waals surface area contributed by atoms with Gasteiger partial charge in [0.05, 0.1) is 12.7 Å². The minimum atomic E-state index is -0.313. The van der Waals surface area contributed by atoms with E-state index in [4.69, 9.17) is 9.47 Å². The Morgan fingerprint density at radius 1 is 1.03 bits per heavy atom. The maximum absolute atomic E-state index is 13.9. The Labute approximate surface area is 183 Å². The summed E-state index contributed by atoms with van der Waals surface area (Å²) in [4.78, 5) is 17.0. The van der Waals surface area contributed by atoms with Gasteiger partial charge in [-0.2, -0.15) is 0 Å². The number of halogens is 1. The lowest BCUT2D eigenvalue weighted by molar-refractivity contribution is 0.102. The molecule has 156 valence electrons. The van der Waals surface area contributed by atoms with Gasteiger partial charge in [0.15, 0.2) is 0 Å². The Bertz CT molecular complexity index is 1190. The molecule has 0 spiro atoms. The van der Waals surface area contributed by atoms with Crippen molar-refractivity contribution in [3.8, 4) is 22.1 Å². The lowest BCUT2D eigenvalue weighted by Gasteiger charge is -2.10. The van der Waals surface area contributed by atoms with Crippen molar-refractivity contribution in [2.45, 2.75) is 6.61 Å². The molecular formula is C24H19FN2O3S. The minimum Gasteiger partial charge on any atom is -0.497 e. The molecule has 1 heterocycles. The van der Waals surface area contributed by atoms with Crippen LogP contribution in [0.1, 0.15) is 16.1 Å². The molecule has 0 fully saturated rings. The van der Waals surface area contributed by atoms with Crippen molar-refractivity contribution in [1.29, 1.82) is 0 Å². The van der Waals surface area contributed by atoms with Gasteiger partial charge in [-0.3, -0.25) is 4.79 Å². The second kappa shape index (κ2) is 9.40. The van der Waals surface area contributed by atoms with Crippen LogP contribution in [0.3, 0.4) is 0 Å². The van der Waals surface area contributed by atoms with Gasteiger partial charge < -0.3 is 14.8 Å². The van der Waals surface area contributed by atoms with E-state index in [0.717, 1.165) is 5.56 Å². The van der Waals surface area contributed by atoms with Crippen molar-refractivity contribution in [3.05, 3.63) is 95.3 Å². The second-order valence-corrected chi connectivity index (χ2v) is 7.45. The number of benzene rings is 3. The zero-order valence-corrected chi connectivity index (χ0v) is 17.5. The van der Waals surface area contributed by atoms with Gasteiger partial charge >= 0.3 is 0 Å². The number of carbonyl (C=O) groups excluding carboxylic acids is 1. The monoisotopic (exact) mass is 434 g/mol. The Morgan fingerprint density at radius 2 is 1.77 bits per heavy atom. The Kier molecular flexibility index (Phi) is 6.24. The lowest BCUT2D eigenvalue weighted by atomic mass is 10.2. The largest absolute Gasteiger partial charge is 0.497 e. The van der Waals surface area contributed by atoms with E-state index in [0.29, 0.717) is 33.5 Å². The number of ether oxygens (including phenoxy) is 2. The molecule has 1 amide bonds. The zero-order valence-electron chi connectivity index (χ0n) is 16.7. The molecule has 0 radical (unpaired) electrons. The molecule has 4 aromatic rings. The summed E-state index contributed by atoms with van der Waals surface area (Å²) in [6, 6.07) is 20.9. The van der Waals surface area contributed by atoms with E-state index in [9.17, 15) is 9.18 Å². The third-order valence-electron chi connectivity index (χ3n) is 4.54. The molecule has 7 heteroatoms. The number of rotatable bonds is 7. The third-order valence-corrected chi connectivity index (χ3v) is 5.42. The van der Waals surface area contributed by atoms with E-state index in [1.807, 2.05) is 18.2 Å². The molecule has 4 rings (SSSR count). The van der Waals surface area contributed by atoms with Crippen LogP contribution >= 0.6 is 11.3 Å². The topological polar surface area (TPSA) is 60.5 Å². The van der Waals surface area contributed by atoms with E-state index < -0.39 is 0 Å². The number of hydrogen-bond donors (Lipinski definition) is 1. The number of nitrogens with one attached hydrogen (secondary N) is 1. The molecule has 0 saturated carbocycles. The smallest absolute Gasteiger partial charge is 0.275 e. The van der Waals surface area contributed by atoms with Gasteiger partial charge in [0.25, 0.3) is 5.91 Å². The molecule has 31 heavy (non-hydrogen) atoms. The summed E-state index contributed by atoms with van der Waals surface area (Å²) < 4.78 is 24.9. The number of thiazole rings is 1. The maximum atomic E-state index is 13.9. The summed E-state index contributed by atoms with van der Waals surface area (Å²) in [7, 11) is 1.59. The quantitative estimate of drug-likeness (QED) is 0.400. The first kappa shape index (κ1) is 20.6. The highest BCUT2D eigenvalue weighted by molar-refractivity contribution is 7.13. The molecule has 5 nitrogen and oxygen atoms in total. The van der Waals surface area contributed by atoms with Gasteiger partial charge in [-0.15, -0.1) is 11.3 Å². The summed E-state index contributed by atoms with van der Waals surface area (Å²) >= 11 is 1.34. The van der Waals surface area contributed by atoms with Crippen molar-refractivity contribution >= 4 is 22.9 Å². The number of aromatic nitrogens is 1. The second-order valence-electron chi connectivity index (χ2n) is 6.60. The van der Waals surface area contributed by atoms with Gasteiger partial charge in [-0.25, -0.2) is 9.37 Å². The van der Waals surface area contributed by atoms with E-state index in [1.54, 1.807) is 61.0 Å². The highest BCUT2D eigenvalue weighted by Gasteiger charge is 2.15. The van der Waals surface area contributed by atoms with Crippen LogP contribution in [0.4, 0.5) is 10.1 Å². The number of carbonyl (C=O) groups is 1. The molecule has 1 N–H and O–H groups in total. The van der Waals surface area contributed by atoms with Gasteiger partial charge in [0.2, 0.25) is 0 Å². The predicted octanol–water partition coefficient (Wildman–Crippen LogP) is 5.79. The fraction of sp³-hybridized carbons (Fsp3) is 0.0833. The van der Waals surface area contributed by atoms with Crippen molar-refractivity contribution in [2.75, 3.05) is 12.4 Å². The number of amides is 1. The first-order valence-electron chi connectivity index (χ1n) is 9.50. The first-order valence-corrected chi connectivity index (χ1v) is 10.4. The van der Waals surface area contributed by atoms with Crippen LogP contribution in [0, 0.1) is 5.82 Å². The van der Waals surface area contributed by atoms with Crippen LogP contribution in [-0.2, 0) is 6.61 Å². The van der Waals surface area contributed by atoms with Crippen molar-refractivity contribution in [3.63, 3.8) is 0 Å². The number of nitrogens with zero attached hydrogens (tertiary/aromatic N) is 1. The zero-order chi connectivity index (χ0) is 21.6. The maximum Gasteiger partial charge on any atom is 0.275 e. The fourth-order valence-corrected chi connectivity index (χ4v) is 3.74. The van der Waals surface area contributed by atoms with E-state index in [-0.39, 0.29) is 18.3 Å². The van der Waals surface area contributed by atoms with Crippen LogP contribution in [-0.4, -0.2) is 18.0 Å². The van der Waals surface area contributed by atoms with Crippen LogP contribution in [0.25, 0.3) is 10.6 Å².